The molecule has 0 spiro atoms. The largest absolute Gasteiger partial charge is 0.355 e. The monoisotopic (exact) mass is 426 g/mol. The van der Waals surface area contributed by atoms with Gasteiger partial charge in [0.05, 0.1) is 0 Å². The van der Waals surface area contributed by atoms with Crippen LogP contribution in [0.2, 0.25) is 0 Å². The predicted octanol–water partition coefficient (Wildman–Crippen LogP) is 3.97. The standard InChI is InChI=1S/C19H31BrN4S/c1-14(2)24-11-9-17(10-12-24)23-19(21-4)22-13-15(3)25-18-7-5-16(20)6-8-18/h5-8,14-15,17H,9-13H2,1-4H3,(H2,21,22,23). The van der Waals surface area contributed by atoms with E-state index >= 15 is 0 Å². The fourth-order valence-corrected chi connectivity index (χ4v) is 4.16. The second kappa shape index (κ2) is 10.4. The first-order valence-corrected chi connectivity index (χ1v) is 10.8. The lowest BCUT2D eigenvalue weighted by Gasteiger charge is -2.35. The molecule has 25 heavy (non-hydrogen) atoms. The van der Waals surface area contributed by atoms with Crippen LogP contribution in [0.4, 0.5) is 0 Å². The van der Waals surface area contributed by atoms with Gasteiger partial charge in [0.1, 0.15) is 0 Å². The molecule has 1 fully saturated rings. The minimum atomic E-state index is 0.475. The summed E-state index contributed by atoms with van der Waals surface area (Å²) in [5, 5.41) is 7.54. The summed E-state index contributed by atoms with van der Waals surface area (Å²) in [6, 6.07) is 9.66. The van der Waals surface area contributed by atoms with E-state index in [9.17, 15) is 0 Å². The smallest absolute Gasteiger partial charge is 0.191 e. The molecule has 0 aliphatic carbocycles. The number of hydrogen-bond acceptors (Lipinski definition) is 3. The molecule has 1 aromatic rings. The van der Waals surface area contributed by atoms with Gasteiger partial charge in [-0.1, -0.05) is 22.9 Å². The van der Waals surface area contributed by atoms with E-state index in [4.69, 9.17) is 0 Å². The molecule has 140 valence electrons. The number of piperidine rings is 1. The zero-order valence-corrected chi connectivity index (χ0v) is 18.2. The number of rotatable bonds is 6. The highest BCUT2D eigenvalue weighted by Gasteiger charge is 2.21. The Morgan fingerprint density at radius 2 is 1.88 bits per heavy atom. The highest BCUT2D eigenvalue weighted by atomic mass is 79.9. The summed E-state index contributed by atoms with van der Waals surface area (Å²) in [7, 11) is 1.85. The molecule has 1 aliphatic rings. The molecule has 0 aromatic heterocycles. The van der Waals surface area contributed by atoms with Crippen LogP contribution in [0.5, 0.6) is 0 Å². The summed E-state index contributed by atoms with van der Waals surface area (Å²) < 4.78 is 1.12. The van der Waals surface area contributed by atoms with E-state index in [-0.39, 0.29) is 0 Å². The average Bonchev–Trinajstić information content (AvgIpc) is 2.61. The zero-order chi connectivity index (χ0) is 18.2. The number of aliphatic imine (C=N–C) groups is 1. The quantitative estimate of drug-likeness (QED) is 0.410. The maximum Gasteiger partial charge on any atom is 0.191 e. The molecule has 1 aliphatic heterocycles. The second-order valence-corrected chi connectivity index (χ2v) is 9.31. The molecule has 1 aromatic carbocycles. The minimum Gasteiger partial charge on any atom is -0.355 e. The summed E-state index contributed by atoms with van der Waals surface area (Å²) in [6.45, 7) is 10.0. The summed E-state index contributed by atoms with van der Waals surface area (Å²) in [5.74, 6) is 0.922. The number of hydrogen-bond donors (Lipinski definition) is 2. The summed E-state index contributed by atoms with van der Waals surface area (Å²) in [5.41, 5.74) is 0. The van der Waals surface area contributed by atoms with E-state index in [0.29, 0.717) is 17.3 Å². The van der Waals surface area contributed by atoms with Crippen LogP contribution in [-0.4, -0.2) is 54.9 Å². The first-order chi connectivity index (χ1) is 12.0. The van der Waals surface area contributed by atoms with E-state index in [2.05, 4.69) is 81.5 Å². The lowest BCUT2D eigenvalue weighted by molar-refractivity contribution is 0.167. The molecular weight excluding hydrogens is 396 g/mol. The number of nitrogens with zero attached hydrogens (tertiary/aromatic N) is 2. The maximum atomic E-state index is 4.39. The Kier molecular flexibility index (Phi) is 8.59. The summed E-state index contributed by atoms with van der Waals surface area (Å²) in [6.07, 6.45) is 2.37. The van der Waals surface area contributed by atoms with Gasteiger partial charge in [0.15, 0.2) is 5.96 Å². The predicted molar refractivity (Wildman–Crippen MR) is 114 cm³/mol. The molecule has 1 heterocycles. The number of guanidine groups is 1. The molecule has 6 heteroatoms. The average molecular weight is 427 g/mol. The van der Waals surface area contributed by atoms with Crippen molar-refractivity contribution in [3.63, 3.8) is 0 Å². The number of likely N-dealkylation sites (tertiary alicyclic amines) is 1. The van der Waals surface area contributed by atoms with Crippen LogP contribution in [-0.2, 0) is 0 Å². The molecule has 4 nitrogen and oxygen atoms in total. The Balaban J connectivity index is 1.72. The first kappa shape index (κ1) is 20.6. The normalized spacial score (nSPS) is 18.4. The van der Waals surface area contributed by atoms with Gasteiger partial charge in [-0.15, -0.1) is 11.8 Å². The summed E-state index contributed by atoms with van der Waals surface area (Å²) in [4.78, 5) is 8.23. The first-order valence-electron chi connectivity index (χ1n) is 9.11. The van der Waals surface area contributed by atoms with Crippen LogP contribution in [0.3, 0.4) is 0 Å². The van der Waals surface area contributed by atoms with Crippen molar-refractivity contribution in [3.8, 4) is 0 Å². The fourth-order valence-electron chi connectivity index (χ4n) is 2.98. The molecule has 0 saturated carbocycles. The third kappa shape index (κ3) is 7.19. The molecule has 0 bridgehead atoms. The number of benzene rings is 1. The van der Waals surface area contributed by atoms with E-state index in [1.165, 1.54) is 30.8 Å². The Hall–Kier alpha value is -0.720. The van der Waals surface area contributed by atoms with Gasteiger partial charge in [-0.05, 0) is 51.0 Å². The zero-order valence-electron chi connectivity index (χ0n) is 15.8. The SMILES string of the molecule is CN=C(NCC(C)Sc1ccc(Br)cc1)NC1CCN(C(C)C)CC1. The van der Waals surface area contributed by atoms with Gasteiger partial charge in [-0.2, -0.15) is 0 Å². The fraction of sp³-hybridized carbons (Fsp3) is 0.632. The van der Waals surface area contributed by atoms with Crippen molar-refractivity contribution in [1.82, 2.24) is 15.5 Å². The van der Waals surface area contributed by atoms with Gasteiger partial charge in [0.25, 0.3) is 0 Å². The number of halogens is 1. The molecule has 2 N–H and O–H groups in total. The van der Waals surface area contributed by atoms with Gasteiger partial charge in [-0.3, -0.25) is 4.99 Å². The van der Waals surface area contributed by atoms with Gasteiger partial charge in [0, 0.05) is 53.4 Å². The van der Waals surface area contributed by atoms with E-state index in [1.807, 2.05) is 18.8 Å². The van der Waals surface area contributed by atoms with Crippen LogP contribution in [0.1, 0.15) is 33.6 Å². The van der Waals surface area contributed by atoms with Gasteiger partial charge in [-0.25, -0.2) is 0 Å². The lowest BCUT2D eigenvalue weighted by Crippen LogP contribution is -2.50. The Morgan fingerprint density at radius 3 is 2.44 bits per heavy atom. The Morgan fingerprint density at radius 1 is 1.24 bits per heavy atom. The van der Waals surface area contributed by atoms with Crippen molar-refractivity contribution in [2.45, 2.75) is 55.8 Å². The highest BCUT2D eigenvalue weighted by Crippen LogP contribution is 2.24. The van der Waals surface area contributed by atoms with Crippen LogP contribution < -0.4 is 10.6 Å². The van der Waals surface area contributed by atoms with Crippen molar-refractivity contribution >= 4 is 33.7 Å². The Bertz CT molecular complexity index is 539. The number of nitrogens with one attached hydrogen (secondary N) is 2. The van der Waals surface area contributed by atoms with Crippen LogP contribution >= 0.6 is 27.7 Å². The van der Waals surface area contributed by atoms with Crippen molar-refractivity contribution in [1.29, 1.82) is 0 Å². The third-order valence-electron chi connectivity index (χ3n) is 4.53. The molecule has 2 rings (SSSR count). The van der Waals surface area contributed by atoms with E-state index < -0.39 is 0 Å². The molecule has 0 radical (unpaired) electrons. The Labute approximate surface area is 165 Å². The van der Waals surface area contributed by atoms with E-state index in [1.54, 1.807) is 0 Å². The molecule has 1 atom stereocenters. The van der Waals surface area contributed by atoms with E-state index in [0.717, 1.165) is 17.0 Å². The van der Waals surface area contributed by atoms with Gasteiger partial charge >= 0.3 is 0 Å². The second-order valence-electron chi connectivity index (χ2n) is 6.88. The highest BCUT2D eigenvalue weighted by molar-refractivity contribution is 9.10. The number of thioether (sulfide) groups is 1. The molecule has 1 unspecified atom stereocenters. The van der Waals surface area contributed by atoms with Gasteiger partial charge in [0.2, 0.25) is 0 Å². The van der Waals surface area contributed by atoms with Gasteiger partial charge < -0.3 is 15.5 Å². The lowest BCUT2D eigenvalue weighted by atomic mass is 10.0. The minimum absolute atomic E-state index is 0.475. The van der Waals surface area contributed by atoms with Crippen molar-refractivity contribution in [3.05, 3.63) is 28.7 Å². The van der Waals surface area contributed by atoms with Crippen molar-refractivity contribution in [2.24, 2.45) is 4.99 Å². The maximum absolute atomic E-state index is 4.39. The van der Waals surface area contributed by atoms with Crippen LogP contribution in [0.15, 0.2) is 38.6 Å². The van der Waals surface area contributed by atoms with Crippen molar-refractivity contribution in [2.75, 3.05) is 26.7 Å². The van der Waals surface area contributed by atoms with Crippen LogP contribution in [0, 0.1) is 0 Å². The van der Waals surface area contributed by atoms with Crippen LogP contribution in [0.25, 0.3) is 0 Å². The topological polar surface area (TPSA) is 39.7 Å². The molecule has 1 saturated heterocycles. The molecule has 0 amide bonds. The summed E-state index contributed by atoms with van der Waals surface area (Å²) >= 11 is 5.36. The molecular formula is C19H31BrN4S. The third-order valence-corrected chi connectivity index (χ3v) is 6.17. The van der Waals surface area contributed by atoms with Crippen molar-refractivity contribution < 1.29 is 0 Å².